The van der Waals surface area contributed by atoms with Crippen LogP contribution in [0.3, 0.4) is 0 Å². The standard InChI is InChI=1S/C14H12ClNO2/c1-9-2-7-13(17)12(8-9)14(16-18)10-3-5-11(15)6-4-10/h2-8,17-18H,1H3/b16-14-. The highest BCUT2D eigenvalue weighted by Crippen LogP contribution is 2.23. The third-order valence-electron chi connectivity index (χ3n) is 2.62. The van der Waals surface area contributed by atoms with Crippen LogP contribution in [0.2, 0.25) is 5.02 Å². The predicted molar refractivity (Wildman–Crippen MR) is 71.7 cm³/mol. The summed E-state index contributed by atoms with van der Waals surface area (Å²) in [5, 5.41) is 22.9. The number of hydrogen-bond donors (Lipinski definition) is 2. The van der Waals surface area contributed by atoms with E-state index in [9.17, 15) is 5.11 Å². The number of halogens is 1. The smallest absolute Gasteiger partial charge is 0.125 e. The minimum Gasteiger partial charge on any atom is -0.507 e. The van der Waals surface area contributed by atoms with Crippen molar-refractivity contribution in [1.29, 1.82) is 0 Å². The predicted octanol–water partition coefficient (Wildman–Crippen LogP) is 3.58. The number of aromatic hydroxyl groups is 1. The van der Waals surface area contributed by atoms with Gasteiger partial charge in [0.05, 0.1) is 0 Å². The molecule has 2 aromatic rings. The molecular formula is C14H12ClNO2. The zero-order valence-electron chi connectivity index (χ0n) is 9.76. The third-order valence-corrected chi connectivity index (χ3v) is 2.88. The molecule has 92 valence electrons. The summed E-state index contributed by atoms with van der Waals surface area (Å²) in [7, 11) is 0. The van der Waals surface area contributed by atoms with Crippen LogP contribution in [0.4, 0.5) is 0 Å². The van der Waals surface area contributed by atoms with E-state index in [1.807, 2.05) is 6.92 Å². The molecule has 0 aliphatic rings. The first kappa shape index (κ1) is 12.5. The minimum atomic E-state index is 0.0725. The van der Waals surface area contributed by atoms with Crippen molar-refractivity contribution < 1.29 is 10.3 Å². The van der Waals surface area contributed by atoms with Gasteiger partial charge in [-0.25, -0.2) is 0 Å². The lowest BCUT2D eigenvalue weighted by molar-refractivity contribution is 0.319. The number of rotatable bonds is 2. The summed E-state index contributed by atoms with van der Waals surface area (Å²) in [6.45, 7) is 1.90. The number of phenolic OH excluding ortho intramolecular Hbond substituents is 1. The van der Waals surface area contributed by atoms with Gasteiger partial charge >= 0.3 is 0 Å². The van der Waals surface area contributed by atoms with Gasteiger partial charge in [0, 0.05) is 16.1 Å². The van der Waals surface area contributed by atoms with Gasteiger partial charge in [0.25, 0.3) is 0 Å². The number of oxime groups is 1. The van der Waals surface area contributed by atoms with E-state index in [0.29, 0.717) is 21.9 Å². The van der Waals surface area contributed by atoms with E-state index in [4.69, 9.17) is 16.8 Å². The lowest BCUT2D eigenvalue weighted by Crippen LogP contribution is -2.04. The van der Waals surface area contributed by atoms with Gasteiger partial charge in [-0.05, 0) is 31.2 Å². The van der Waals surface area contributed by atoms with Crippen LogP contribution in [0.15, 0.2) is 47.6 Å². The zero-order valence-corrected chi connectivity index (χ0v) is 10.5. The fraction of sp³-hybridized carbons (Fsp3) is 0.0714. The molecule has 0 heterocycles. The molecule has 0 aliphatic heterocycles. The van der Waals surface area contributed by atoms with Crippen molar-refractivity contribution in [3.63, 3.8) is 0 Å². The Bertz CT molecular complexity index is 591. The first-order chi connectivity index (χ1) is 8.61. The van der Waals surface area contributed by atoms with Crippen LogP contribution in [-0.2, 0) is 0 Å². The normalized spacial score (nSPS) is 11.6. The Morgan fingerprint density at radius 3 is 2.39 bits per heavy atom. The SMILES string of the molecule is Cc1ccc(O)c(/C(=N\O)c2ccc(Cl)cc2)c1. The highest BCUT2D eigenvalue weighted by molar-refractivity contribution is 6.30. The fourth-order valence-electron chi connectivity index (χ4n) is 1.71. The van der Waals surface area contributed by atoms with Gasteiger partial charge in [0.2, 0.25) is 0 Å². The molecule has 0 spiro atoms. The summed E-state index contributed by atoms with van der Waals surface area (Å²) >= 11 is 5.81. The molecule has 0 saturated carbocycles. The van der Waals surface area contributed by atoms with Gasteiger partial charge in [0.1, 0.15) is 11.5 Å². The third kappa shape index (κ3) is 2.46. The van der Waals surface area contributed by atoms with Crippen molar-refractivity contribution >= 4 is 17.3 Å². The van der Waals surface area contributed by atoms with Gasteiger partial charge in [-0.15, -0.1) is 0 Å². The van der Waals surface area contributed by atoms with Crippen LogP contribution in [0.25, 0.3) is 0 Å². The molecule has 0 aliphatic carbocycles. The Morgan fingerprint density at radius 1 is 1.11 bits per heavy atom. The summed E-state index contributed by atoms with van der Waals surface area (Å²) in [4.78, 5) is 0. The van der Waals surface area contributed by atoms with Crippen molar-refractivity contribution in [2.45, 2.75) is 6.92 Å². The van der Waals surface area contributed by atoms with Crippen molar-refractivity contribution in [1.82, 2.24) is 0 Å². The first-order valence-electron chi connectivity index (χ1n) is 5.40. The molecule has 0 aromatic heterocycles. The van der Waals surface area contributed by atoms with E-state index < -0.39 is 0 Å². The van der Waals surface area contributed by atoms with Crippen LogP contribution in [0.1, 0.15) is 16.7 Å². The van der Waals surface area contributed by atoms with Crippen molar-refractivity contribution in [3.8, 4) is 5.75 Å². The highest BCUT2D eigenvalue weighted by Gasteiger charge is 2.12. The van der Waals surface area contributed by atoms with Crippen LogP contribution >= 0.6 is 11.6 Å². The molecule has 3 nitrogen and oxygen atoms in total. The number of benzene rings is 2. The molecule has 18 heavy (non-hydrogen) atoms. The quantitative estimate of drug-likeness (QED) is 0.493. The topological polar surface area (TPSA) is 52.8 Å². The van der Waals surface area contributed by atoms with E-state index in [0.717, 1.165) is 5.56 Å². The summed E-state index contributed by atoms with van der Waals surface area (Å²) in [6.07, 6.45) is 0. The Morgan fingerprint density at radius 2 is 1.78 bits per heavy atom. The molecular weight excluding hydrogens is 250 g/mol. The van der Waals surface area contributed by atoms with Gasteiger partial charge in [-0.2, -0.15) is 0 Å². The first-order valence-corrected chi connectivity index (χ1v) is 5.77. The Labute approximate surface area is 110 Å². The number of nitrogens with zero attached hydrogens (tertiary/aromatic N) is 1. The van der Waals surface area contributed by atoms with Gasteiger partial charge in [-0.3, -0.25) is 0 Å². The Balaban J connectivity index is 2.52. The molecule has 0 atom stereocenters. The molecule has 2 aromatic carbocycles. The Kier molecular flexibility index (Phi) is 3.53. The average molecular weight is 262 g/mol. The number of phenols is 1. The Hall–Kier alpha value is -2.00. The van der Waals surface area contributed by atoms with Crippen LogP contribution in [0, 0.1) is 6.92 Å². The lowest BCUT2D eigenvalue weighted by atomic mass is 10.00. The number of hydrogen-bond acceptors (Lipinski definition) is 3. The van der Waals surface area contributed by atoms with E-state index >= 15 is 0 Å². The summed E-state index contributed by atoms with van der Waals surface area (Å²) in [5.41, 5.74) is 2.45. The molecule has 0 fully saturated rings. The number of aryl methyl sites for hydroxylation is 1. The highest BCUT2D eigenvalue weighted by atomic mass is 35.5. The van der Waals surface area contributed by atoms with Crippen molar-refractivity contribution in [3.05, 3.63) is 64.2 Å². The zero-order chi connectivity index (χ0) is 13.1. The van der Waals surface area contributed by atoms with Crippen LogP contribution in [0.5, 0.6) is 5.75 Å². The molecule has 0 amide bonds. The second-order valence-corrected chi connectivity index (χ2v) is 4.41. The maximum absolute atomic E-state index is 9.83. The molecule has 0 unspecified atom stereocenters. The van der Waals surface area contributed by atoms with E-state index in [1.165, 1.54) is 0 Å². The maximum atomic E-state index is 9.83. The lowest BCUT2D eigenvalue weighted by Gasteiger charge is -2.08. The monoisotopic (exact) mass is 261 g/mol. The van der Waals surface area contributed by atoms with E-state index in [1.54, 1.807) is 42.5 Å². The fourth-order valence-corrected chi connectivity index (χ4v) is 1.84. The molecule has 2 rings (SSSR count). The van der Waals surface area contributed by atoms with Crippen LogP contribution in [-0.4, -0.2) is 16.0 Å². The van der Waals surface area contributed by atoms with Crippen LogP contribution < -0.4 is 0 Å². The molecule has 0 radical (unpaired) electrons. The van der Waals surface area contributed by atoms with Crippen molar-refractivity contribution in [2.24, 2.45) is 5.16 Å². The summed E-state index contributed by atoms with van der Waals surface area (Å²) < 4.78 is 0. The molecule has 4 heteroatoms. The largest absolute Gasteiger partial charge is 0.507 e. The van der Waals surface area contributed by atoms with Crippen molar-refractivity contribution in [2.75, 3.05) is 0 Å². The summed E-state index contributed by atoms with van der Waals surface area (Å²) in [6, 6.07) is 12.0. The van der Waals surface area contributed by atoms with E-state index in [-0.39, 0.29) is 5.75 Å². The van der Waals surface area contributed by atoms with Gasteiger partial charge in [0.15, 0.2) is 0 Å². The average Bonchev–Trinajstić information content (AvgIpc) is 2.37. The molecule has 0 bridgehead atoms. The van der Waals surface area contributed by atoms with E-state index in [2.05, 4.69) is 5.16 Å². The second-order valence-electron chi connectivity index (χ2n) is 3.98. The minimum absolute atomic E-state index is 0.0725. The maximum Gasteiger partial charge on any atom is 0.125 e. The molecule has 2 N–H and O–H groups in total. The second kappa shape index (κ2) is 5.10. The molecule has 0 saturated heterocycles. The van der Waals surface area contributed by atoms with Gasteiger partial charge < -0.3 is 10.3 Å². The summed E-state index contributed by atoms with van der Waals surface area (Å²) in [5.74, 6) is 0.0725. The van der Waals surface area contributed by atoms with Gasteiger partial charge in [-0.1, -0.05) is 40.5 Å².